The van der Waals surface area contributed by atoms with Crippen LogP contribution in [0.1, 0.15) is 38.5 Å². The smallest absolute Gasteiger partial charge is 0.0541 e. The highest BCUT2D eigenvalue weighted by Gasteiger charge is 2.51. The standard InChI is InChI=1S/C47H39N3/c1-5-13-43-35(9-1)36-10-2-6-14-44(36)49(43)33-17-19-41-39(24-33)40-25-34(50-45-15-7-3-11-37(45)38-12-4-8-16-46(38)50)18-20-42(40)48(41)29-47-26-30-21-31(27-47)23-32(22-30)28-47/h1-20,24-25,30-32H,21-23,26-29H2. The summed E-state index contributed by atoms with van der Waals surface area (Å²) in [4.78, 5) is 0. The Morgan fingerprint density at radius 3 is 1.14 bits per heavy atom. The molecule has 242 valence electrons. The van der Waals surface area contributed by atoms with Crippen molar-refractivity contribution in [2.24, 2.45) is 23.2 Å². The normalized spacial score (nSPS) is 23.1. The summed E-state index contributed by atoms with van der Waals surface area (Å²) in [6.07, 6.45) is 8.70. The Balaban J connectivity index is 1.12. The third-order valence-electron chi connectivity index (χ3n) is 13.2. The topological polar surface area (TPSA) is 14.8 Å². The van der Waals surface area contributed by atoms with Gasteiger partial charge in [0.2, 0.25) is 0 Å². The van der Waals surface area contributed by atoms with Crippen molar-refractivity contribution in [2.45, 2.75) is 45.1 Å². The summed E-state index contributed by atoms with van der Waals surface area (Å²) < 4.78 is 7.69. The van der Waals surface area contributed by atoms with Gasteiger partial charge in [-0.05, 0) is 122 Å². The van der Waals surface area contributed by atoms with Crippen LogP contribution in [0.25, 0.3) is 76.8 Å². The predicted octanol–water partition coefficient (Wildman–Crippen LogP) is 12.2. The van der Waals surface area contributed by atoms with E-state index in [4.69, 9.17) is 0 Å². The molecule has 4 bridgehead atoms. The van der Waals surface area contributed by atoms with Gasteiger partial charge in [-0.25, -0.2) is 0 Å². The van der Waals surface area contributed by atoms with Crippen LogP contribution in [-0.4, -0.2) is 13.7 Å². The molecular formula is C47H39N3. The minimum atomic E-state index is 0.435. The van der Waals surface area contributed by atoms with Gasteiger partial charge in [-0.15, -0.1) is 0 Å². The molecule has 0 N–H and O–H groups in total. The number of aromatic nitrogens is 3. The monoisotopic (exact) mass is 645 g/mol. The fraction of sp³-hybridized carbons (Fsp3) is 0.234. The number of fused-ring (bicyclic) bond motifs is 9. The Kier molecular flexibility index (Phi) is 5.46. The summed E-state index contributed by atoms with van der Waals surface area (Å²) >= 11 is 0. The zero-order valence-corrected chi connectivity index (χ0v) is 28.2. The van der Waals surface area contributed by atoms with Gasteiger partial charge in [0.05, 0.1) is 22.1 Å². The number of rotatable bonds is 4. The van der Waals surface area contributed by atoms with Crippen molar-refractivity contribution in [1.82, 2.24) is 13.7 Å². The number of nitrogens with zero attached hydrogens (tertiary/aromatic N) is 3. The molecule has 3 aromatic heterocycles. The predicted molar refractivity (Wildman–Crippen MR) is 209 cm³/mol. The van der Waals surface area contributed by atoms with Crippen molar-refractivity contribution >= 4 is 65.4 Å². The minimum Gasteiger partial charge on any atom is -0.340 e. The summed E-state index contributed by atoms with van der Waals surface area (Å²) in [5.41, 5.74) is 10.7. The Hall–Kier alpha value is -5.28. The second kappa shape index (κ2) is 9.91. The highest BCUT2D eigenvalue weighted by Crippen LogP contribution is 2.61. The molecule has 4 fully saturated rings. The molecule has 3 nitrogen and oxygen atoms in total. The summed E-state index contributed by atoms with van der Waals surface area (Å²) in [6.45, 7) is 1.14. The second-order valence-electron chi connectivity index (χ2n) is 16.1. The van der Waals surface area contributed by atoms with Crippen LogP contribution in [0.5, 0.6) is 0 Å². The van der Waals surface area contributed by atoms with Gasteiger partial charge in [-0.2, -0.15) is 0 Å². The molecule has 0 saturated heterocycles. The van der Waals surface area contributed by atoms with Crippen LogP contribution in [0.15, 0.2) is 133 Å². The van der Waals surface area contributed by atoms with E-state index in [1.165, 1.54) is 115 Å². The van der Waals surface area contributed by atoms with Crippen molar-refractivity contribution in [1.29, 1.82) is 0 Å². The van der Waals surface area contributed by atoms with E-state index < -0.39 is 0 Å². The van der Waals surface area contributed by atoms with Crippen LogP contribution in [0.4, 0.5) is 0 Å². The van der Waals surface area contributed by atoms with Crippen molar-refractivity contribution in [3.63, 3.8) is 0 Å². The van der Waals surface area contributed by atoms with Crippen LogP contribution >= 0.6 is 0 Å². The highest BCUT2D eigenvalue weighted by molar-refractivity contribution is 6.13. The van der Waals surface area contributed by atoms with Gasteiger partial charge in [0.15, 0.2) is 0 Å². The van der Waals surface area contributed by atoms with E-state index in [9.17, 15) is 0 Å². The van der Waals surface area contributed by atoms with E-state index in [-0.39, 0.29) is 0 Å². The van der Waals surface area contributed by atoms with Gasteiger partial charge in [0.1, 0.15) is 0 Å². The van der Waals surface area contributed by atoms with Crippen LogP contribution < -0.4 is 0 Å². The van der Waals surface area contributed by atoms with Crippen LogP contribution in [0.2, 0.25) is 0 Å². The summed E-state index contributed by atoms with van der Waals surface area (Å²) in [5.74, 6) is 2.83. The molecule has 13 rings (SSSR count). The first kappa shape index (κ1) is 27.5. The summed E-state index contributed by atoms with van der Waals surface area (Å²) in [7, 11) is 0. The fourth-order valence-electron chi connectivity index (χ4n) is 11.7. The Morgan fingerprint density at radius 2 is 0.760 bits per heavy atom. The molecule has 0 unspecified atom stereocenters. The SMILES string of the molecule is c1ccc2c(c1)c1ccccc1n2-c1ccc2c(c1)c1cc(-n3c4ccccc4c4ccccc43)ccc1n2CC12CC3CC(CC(C3)C1)C2. The quantitative estimate of drug-likeness (QED) is 0.181. The van der Waals surface area contributed by atoms with Crippen molar-refractivity contribution in [3.8, 4) is 11.4 Å². The maximum absolute atomic E-state index is 2.74. The summed E-state index contributed by atoms with van der Waals surface area (Å²) in [6, 6.07) is 50.1. The van der Waals surface area contributed by atoms with Crippen LogP contribution in [0.3, 0.4) is 0 Å². The molecule has 3 heteroatoms. The zero-order chi connectivity index (χ0) is 32.6. The molecule has 0 radical (unpaired) electrons. The Morgan fingerprint density at radius 1 is 0.400 bits per heavy atom. The van der Waals surface area contributed by atoms with Crippen LogP contribution in [-0.2, 0) is 6.54 Å². The van der Waals surface area contributed by atoms with Crippen molar-refractivity contribution < 1.29 is 0 Å². The lowest BCUT2D eigenvalue weighted by Gasteiger charge is -2.57. The maximum atomic E-state index is 2.74. The van der Waals surface area contributed by atoms with E-state index >= 15 is 0 Å². The van der Waals surface area contributed by atoms with Gasteiger partial charge in [-0.1, -0.05) is 72.8 Å². The third-order valence-corrected chi connectivity index (χ3v) is 13.2. The first-order valence-electron chi connectivity index (χ1n) is 18.7. The van der Waals surface area contributed by atoms with E-state index in [1.807, 2.05) is 0 Å². The lowest BCUT2D eigenvalue weighted by molar-refractivity contribution is -0.0607. The average molecular weight is 646 g/mol. The molecule has 3 heterocycles. The molecule has 0 spiro atoms. The number of hydrogen-bond donors (Lipinski definition) is 0. The number of hydrogen-bond acceptors (Lipinski definition) is 0. The molecule has 0 amide bonds. The molecule has 0 aliphatic heterocycles. The molecule has 0 atom stereocenters. The van der Waals surface area contributed by atoms with E-state index in [0.717, 1.165) is 24.3 Å². The molecule has 50 heavy (non-hydrogen) atoms. The second-order valence-corrected chi connectivity index (χ2v) is 16.1. The molecular weight excluding hydrogens is 607 g/mol. The number of benzene rings is 6. The minimum absolute atomic E-state index is 0.435. The molecule has 4 aliphatic rings. The largest absolute Gasteiger partial charge is 0.340 e. The van der Waals surface area contributed by atoms with Gasteiger partial charge < -0.3 is 13.7 Å². The van der Waals surface area contributed by atoms with E-state index in [0.29, 0.717) is 5.41 Å². The summed E-state index contributed by atoms with van der Waals surface area (Å²) in [5, 5.41) is 7.93. The fourth-order valence-corrected chi connectivity index (χ4v) is 11.7. The zero-order valence-electron chi connectivity index (χ0n) is 28.2. The Bertz CT molecular complexity index is 2530. The van der Waals surface area contributed by atoms with Crippen molar-refractivity contribution in [2.75, 3.05) is 0 Å². The third kappa shape index (κ3) is 3.75. The van der Waals surface area contributed by atoms with Gasteiger partial charge >= 0.3 is 0 Å². The molecule has 6 aromatic carbocycles. The van der Waals surface area contributed by atoms with Gasteiger partial charge in [-0.3, -0.25) is 0 Å². The lowest BCUT2D eigenvalue weighted by atomic mass is 9.49. The first-order chi connectivity index (χ1) is 24.7. The lowest BCUT2D eigenvalue weighted by Crippen LogP contribution is -2.47. The molecule has 4 saturated carbocycles. The van der Waals surface area contributed by atoms with E-state index in [2.05, 4.69) is 147 Å². The van der Waals surface area contributed by atoms with Gasteiger partial charge in [0, 0.05) is 61.3 Å². The van der Waals surface area contributed by atoms with E-state index in [1.54, 1.807) is 0 Å². The highest BCUT2D eigenvalue weighted by atomic mass is 15.0. The number of para-hydroxylation sites is 4. The Labute approximate surface area is 291 Å². The molecule has 9 aromatic rings. The first-order valence-corrected chi connectivity index (χ1v) is 18.7. The van der Waals surface area contributed by atoms with Crippen LogP contribution in [0, 0.1) is 23.2 Å². The van der Waals surface area contributed by atoms with Gasteiger partial charge in [0.25, 0.3) is 0 Å². The maximum Gasteiger partial charge on any atom is 0.0541 e. The van der Waals surface area contributed by atoms with Crippen molar-refractivity contribution in [3.05, 3.63) is 133 Å². The molecule has 4 aliphatic carbocycles. The average Bonchev–Trinajstić information content (AvgIpc) is 3.76.